The second-order valence-corrected chi connectivity index (χ2v) is 3.94. The highest BCUT2D eigenvalue weighted by atomic mass is 16.5. The van der Waals surface area contributed by atoms with Crippen LogP contribution in [0, 0.1) is 0 Å². The highest BCUT2D eigenvalue weighted by Crippen LogP contribution is 2.26. The Kier molecular flexibility index (Phi) is 2.60. The van der Waals surface area contributed by atoms with Crippen LogP contribution in [-0.2, 0) is 4.74 Å². The number of hydrogen-bond acceptors (Lipinski definition) is 4. The number of hydrogen-bond donors (Lipinski definition) is 2. The molecule has 13 heavy (non-hydrogen) atoms. The lowest BCUT2D eigenvalue weighted by atomic mass is 9.81. The van der Waals surface area contributed by atoms with E-state index in [1.54, 1.807) is 0 Å². The van der Waals surface area contributed by atoms with Crippen molar-refractivity contribution in [3.05, 3.63) is 0 Å². The molecule has 0 amide bonds. The van der Waals surface area contributed by atoms with Crippen molar-refractivity contribution in [1.82, 2.24) is 10.1 Å². The molecule has 0 saturated carbocycles. The molecule has 0 atom stereocenters. The molecule has 2 fully saturated rings. The van der Waals surface area contributed by atoms with Crippen LogP contribution in [0.1, 0.15) is 12.8 Å². The number of nitrogens with zero attached hydrogens (tertiary/aromatic N) is 1. The first kappa shape index (κ1) is 9.46. The zero-order valence-electron chi connectivity index (χ0n) is 8.12. The average Bonchev–Trinajstić information content (AvgIpc) is 2.54. The fourth-order valence-corrected chi connectivity index (χ4v) is 2.16. The van der Waals surface area contributed by atoms with Crippen LogP contribution in [0.3, 0.4) is 0 Å². The van der Waals surface area contributed by atoms with Crippen LogP contribution < -0.4 is 5.32 Å². The minimum absolute atomic E-state index is 0.0641. The molecule has 2 rings (SSSR count). The van der Waals surface area contributed by atoms with Crippen molar-refractivity contribution < 1.29 is 9.76 Å². The number of nitrogens with one attached hydrogen (secondary N) is 1. The highest BCUT2D eigenvalue weighted by Gasteiger charge is 2.39. The van der Waals surface area contributed by atoms with E-state index >= 15 is 0 Å². The van der Waals surface area contributed by atoms with Crippen LogP contribution in [0.25, 0.3) is 0 Å². The Hall–Kier alpha value is -0.0951. The molecule has 5 heteroatoms. The second-order valence-electron chi connectivity index (χ2n) is 3.94. The van der Waals surface area contributed by atoms with Crippen LogP contribution in [0.4, 0.5) is 0 Å². The number of piperidine rings is 1. The van der Waals surface area contributed by atoms with Crippen molar-refractivity contribution in [2.24, 2.45) is 0 Å². The number of ether oxygens (including phenoxy) is 1. The van der Waals surface area contributed by atoms with Gasteiger partial charge in [-0.2, -0.15) is 0 Å². The summed E-state index contributed by atoms with van der Waals surface area (Å²) in [4.78, 5) is 2.08. The van der Waals surface area contributed by atoms with E-state index in [0.717, 1.165) is 39.1 Å². The lowest BCUT2D eigenvalue weighted by Crippen LogP contribution is -2.54. The summed E-state index contributed by atoms with van der Waals surface area (Å²) in [6, 6.07) is 0. The van der Waals surface area contributed by atoms with Crippen molar-refractivity contribution in [2.75, 3.05) is 26.2 Å². The van der Waals surface area contributed by atoms with Gasteiger partial charge < -0.3 is 14.6 Å². The normalized spacial score (nSPS) is 28.2. The molecule has 0 radical (unpaired) electrons. The van der Waals surface area contributed by atoms with Crippen LogP contribution >= 0.6 is 0 Å². The van der Waals surface area contributed by atoms with Crippen LogP contribution in [0.5, 0.6) is 0 Å². The molecule has 0 bridgehead atoms. The zero-order chi connectivity index (χ0) is 9.31. The van der Waals surface area contributed by atoms with E-state index in [9.17, 15) is 5.02 Å². The minimum Gasteiger partial charge on any atom is -0.437 e. The summed E-state index contributed by atoms with van der Waals surface area (Å²) in [5.74, 6) is 0. The Balaban J connectivity index is 1.88. The largest absolute Gasteiger partial charge is 0.437 e. The van der Waals surface area contributed by atoms with Crippen molar-refractivity contribution in [1.29, 1.82) is 0 Å². The molecule has 2 N–H and O–H groups in total. The lowest BCUT2D eigenvalue weighted by molar-refractivity contribution is -0.0467. The first-order valence-corrected chi connectivity index (χ1v) is 5.03. The van der Waals surface area contributed by atoms with Crippen molar-refractivity contribution >= 4 is 7.05 Å². The van der Waals surface area contributed by atoms with E-state index < -0.39 is 0 Å². The van der Waals surface area contributed by atoms with E-state index in [-0.39, 0.29) is 12.8 Å². The monoisotopic (exact) mass is 184 g/mol. The quantitative estimate of drug-likeness (QED) is 0.539. The maximum absolute atomic E-state index is 9.37. The van der Waals surface area contributed by atoms with Crippen molar-refractivity contribution in [2.45, 2.75) is 25.4 Å². The maximum atomic E-state index is 9.37. The summed E-state index contributed by atoms with van der Waals surface area (Å²) < 4.78 is 5.69. The standard InChI is InChI=1S/C8H17BN2O2/c1-9(12)11-5-2-8(3-6-11)10-4-7-13-8/h10,12H,2-7H2,1H3. The summed E-state index contributed by atoms with van der Waals surface area (Å²) in [6.45, 7) is 5.46. The van der Waals surface area contributed by atoms with Gasteiger partial charge in [0.2, 0.25) is 0 Å². The summed E-state index contributed by atoms with van der Waals surface area (Å²) in [5.41, 5.74) is -0.0641. The molecule has 0 unspecified atom stereocenters. The molecule has 0 aromatic rings. The topological polar surface area (TPSA) is 44.7 Å². The van der Waals surface area contributed by atoms with Gasteiger partial charge in [-0.3, -0.25) is 5.32 Å². The molecule has 0 aromatic carbocycles. The van der Waals surface area contributed by atoms with Crippen LogP contribution in [0.15, 0.2) is 0 Å². The van der Waals surface area contributed by atoms with Gasteiger partial charge in [-0.25, -0.2) is 0 Å². The fraction of sp³-hybridized carbons (Fsp3) is 1.00. The Morgan fingerprint density at radius 3 is 2.62 bits per heavy atom. The second kappa shape index (κ2) is 3.57. The summed E-state index contributed by atoms with van der Waals surface area (Å²) in [5, 5.41) is 12.8. The predicted molar refractivity (Wildman–Crippen MR) is 51.3 cm³/mol. The molecule has 0 aromatic heterocycles. The average molecular weight is 184 g/mol. The summed E-state index contributed by atoms with van der Waals surface area (Å²) in [6.07, 6.45) is 1.97. The van der Waals surface area contributed by atoms with Crippen LogP contribution in [0.2, 0.25) is 6.82 Å². The van der Waals surface area contributed by atoms with Gasteiger partial charge in [-0.1, -0.05) is 0 Å². The van der Waals surface area contributed by atoms with E-state index in [0.29, 0.717) is 0 Å². The molecular weight excluding hydrogens is 167 g/mol. The van der Waals surface area contributed by atoms with Gasteiger partial charge in [0.1, 0.15) is 5.72 Å². The van der Waals surface area contributed by atoms with Gasteiger partial charge in [0, 0.05) is 19.4 Å². The lowest BCUT2D eigenvalue weighted by Gasteiger charge is -2.39. The van der Waals surface area contributed by atoms with E-state index in [2.05, 4.69) is 10.1 Å². The maximum Gasteiger partial charge on any atom is 0.376 e. The van der Waals surface area contributed by atoms with Gasteiger partial charge in [0.15, 0.2) is 0 Å². The van der Waals surface area contributed by atoms with Gasteiger partial charge in [0.05, 0.1) is 6.61 Å². The Morgan fingerprint density at radius 1 is 1.46 bits per heavy atom. The fourth-order valence-electron chi connectivity index (χ4n) is 2.16. The van der Waals surface area contributed by atoms with Gasteiger partial charge in [-0.05, 0) is 19.9 Å². The molecule has 4 nitrogen and oxygen atoms in total. The third kappa shape index (κ3) is 1.88. The number of rotatable bonds is 1. The Morgan fingerprint density at radius 2 is 2.15 bits per heavy atom. The third-order valence-electron chi connectivity index (χ3n) is 3.06. The predicted octanol–water partition coefficient (Wildman–Crippen LogP) is -0.491. The summed E-state index contributed by atoms with van der Waals surface area (Å²) in [7, 11) is -0.321. The first-order valence-electron chi connectivity index (χ1n) is 5.03. The first-order chi connectivity index (χ1) is 6.22. The van der Waals surface area contributed by atoms with E-state index in [1.165, 1.54) is 0 Å². The van der Waals surface area contributed by atoms with Crippen molar-refractivity contribution in [3.63, 3.8) is 0 Å². The molecule has 2 heterocycles. The third-order valence-corrected chi connectivity index (χ3v) is 3.06. The van der Waals surface area contributed by atoms with Crippen LogP contribution in [-0.4, -0.2) is 48.9 Å². The molecular formula is C8H17BN2O2. The van der Waals surface area contributed by atoms with Gasteiger partial charge in [0.25, 0.3) is 0 Å². The van der Waals surface area contributed by atoms with E-state index in [1.807, 2.05) is 6.82 Å². The molecule has 0 aliphatic carbocycles. The molecule has 2 aliphatic heterocycles. The highest BCUT2D eigenvalue weighted by molar-refractivity contribution is 6.45. The molecule has 1 spiro atoms. The van der Waals surface area contributed by atoms with Gasteiger partial charge >= 0.3 is 7.05 Å². The van der Waals surface area contributed by atoms with Gasteiger partial charge in [-0.15, -0.1) is 0 Å². The van der Waals surface area contributed by atoms with Crippen molar-refractivity contribution in [3.8, 4) is 0 Å². The molecule has 74 valence electrons. The zero-order valence-corrected chi connectivity index (χ0v) is 8.12. The summed E-state index contributed by atoms with van der Waals surface area (Å²) >= 11 is 0. The Bertz CT molecular complexity index is 173. The smallest absolute Gasteiger partial charge is 0.376 e. The SMILES string of the molecule is CB(O)N1CCC2(CC1)NCCO2. The Labute approximate surface area is 79.4 Å². The minimum atomic E-state index is -0.321. The molecule has 2 saturated heterocycles. The van der Waals surface area contributed by atoms with E-state index in [4.69, 9.17) is 4.74 Å². The molecule has 2 aliphatic rings.